The zero-order chi connectivity index (χ0) is 14.7. The molecule has 6 nitrogen and oxygen atoms in total. The highest BCUT2D eigenvalue weighted by atomic mass is 16.5. The highest BCUT2D eigenvalue weighted by Crippen LogP contribution is 2.20. The summed E-state index contributed by atoms with van der Waals surface area (Å²) in [5, 5.41) is 17.8. The molecule has 19 heavy (non-hydrogen) atoms. The Kier molecular flexibility index (Phi) is 9.74. The van der Waals surface area contributed by atoms with Crippen LogP contribution < -0.4 is 0 Å². The molecule has 0 saturated carbocycles. The van der Waals surface area contributed by atoms with Gasteiger partial charge in [0.15, 0.2) is 0 Å². The van der Waals surface area contributed by atoms with Crippen molar-refractivity contribution >= 4 is 11.9 Å². The fraction of sp³-hybridized carbons (Fsp3) is 0.692. The van der Waals surface area contributed by atoms with Crippen molar-refractivity contribution < 1.29 is 29.3 Å². The van der Waals surface area contributed by atoms with E-state index in [0.29, 0.717) is 39.3 Å². The molecule has 0 unspecified atom stereocenters. The lowest BCUT2D eigenvalue weighted by atomic mass is 9.92. The van der Waals surface area contributed by atoms with Crippen LogP contribution in [0, 0.1) is 5.92 Å². The number of carboxylic acids is 2. The summed E-state index contributed by atoms with van der Waals surface area (Å²) in [6.07, 6.45) is 1.68. The molecule has 2 N–H and O–H groups in total. The summed E-state index contributed by atoms with van der Waals surface area (Å²) in [5.74, 6) is -2.85. The van der Waals surface area contributed by atoms with E-state index in [0.717, 1.165) is 6.08 Å². The van der Waals surface area contributed by atoms with Gasteiger partial charge in [0.05, 0.1) is 0 Å². The van der Waals surface area contributed by atoms with Gasteiger partial charge in [-0.1, -0.05) is 0 Å². The summed E-state index contributed by atoms with van der Waals surface area (Å²) in [6, 6.07) is 0. The van der Waals surface area contributed by atoms with E-state index in [2.05, 4.69) is 0 Å². The molecule has 0 aromatic carbocycles. The van der Waals surface area contributed by atoms with Gasteiger partial charge in [-0.15, -0.1) is 0 Å². The van der Waals surface area contributed by atoms with Crippen LogP contribution in [0.15, 0.2) is 11.6 Å². The van der Waals surface area contributed by atoms with E-state index in [1.165, 1.54) is 0 Å². The van der Waals surface area contributed by atoms with Crippen molar-refractivity contribution in [3.05, 3.63) is 11.6 Å². The molecule has 0 bridgehead atoms. The van der Waals surface area contributed by atoms with Gasteiger partial charge in [-0.2, -0.15) is 0 Å². The Balaban J connectivity index is 4.72. The highest BCUT2D eigenvalue weighted by Gasteiger charge is 2.21. The van der Waals surface area contributed by atoms with Gasteiger partial charge in [0, 0.05) is 38.1 Å². The number of hydrogen-bond donors (Lipinski definition) is 2. The Bertz CT molecular complexity index is 300. The number of aliphatic carboxylic acids is 2. The first-order valence-electron chi connectivity index (χ1n) is 6.36. The predicted octanol–water partition coefficient (Wildman–Crippen LogP) is 1.55. The molecular weight excluding hydrogens is 252 g/mol. The first kappa shape index (κ1) is 17.6. The molecule has 0 amide bonds. The third-order valence-electron chi connectivity index (χ3n) is 2.60. The van der Waals surface area contributed by atoms with Crippen molar-refractivity contribution in [2.45, 2.75) is 26.7 Å². The maximum absolute atomic E-state index is 11.1. The quantitative estimate of drug-likeness (QED) is 0.438. The average molecular weight is 274 g/mol. The van der Waals surface area contributed by atoms with Crippen LogP contribution in [-0.4, -0.2) is 48.6 Å². The molecule has 0 fully saturated rings. The van der Waals surface area contributed by atoms with Crippen LogP contribution in [0.1, 0.15) is 26.7 Å². The smallest absolute Gasteiger partial charge is 0.332 e. The molecule has 0 aromatic rings. The summed E-state index contributed by atoms with van der Waals surface area (Å²) >= 11 is 0. The monoisotopic (exact) mass is 274 g/mol. The summed E-state index contributed by atoms with van der Waals surface area (Å²) in [4.78, 5) is 21.8. The SMILES string of the molecule is CCOCCC(CCOCC)/C(=C/C(=O)O)C(=O)O. The van der Waals surface area contributed by atoms with Gasteiger partial charge in [0.2, 0.25) is 0 Å². The van der Waals surface area contributed by atoms with Crippen LogP contribution in [0.4, 0.5) is 0 Å². The van der Waals surface area contributed by atoms with Crippen molar-refractivity contribution in [1.82, 2.24) is 0 Å². The first-order valence-corrected chi connectivity index (χ1v) is 6.36. The van der Waals surface area contributed by atoms with Crippen LogP contribution >= 0.6 is 0 Å². The van der Waals surface area contributed by atoms with Crippen LogP contribution in [0.3, 0.4) is 0 Å². The summed E-state index contributed by atoms with van der Waals surface area (Å²) in [5.41, 5.74) is -0.105. The maximum Gasteiger partial charge on any atom is 0.332 e. The molecule has 0 radical (unpaired) electrons. The fourth-order valence-corrected chi connectivity index (χ4v) is 1.68. The summed E-state index contributed by atoms with van der Waals surface area (Å²) in [6.45, 7) is 5.59. The van der Waals surface area contributed by atoms with E-state index in [1.54, 1.807) is 0 Å². The molecule has 0 aromatic heterocycles. The van der Waals surface area contributed by atoms with E-state index in [-0.39, 0.29) is 11.5 Å². The van der Waals surface area contributed by atoms with Crippen molar-refractivity contribution in [3.8, 4) is 0 Å². The lowest BCUT2D eigenvalue weighted by molar-refractivity contribution is -0.135. The van der Waals surface area contributed by atoms with Gasteiger partial charge in [-0.25, -0.2) is 9.59 Å². The second kappa shape index (κ2) is 10.5. The largest absolute Gasteiger partial charge is 0.478 e. The number of carboxylic acid groups (broad SMARTS) is 2. The molecule has 6 heteroatoms. The average Bonchev–Trinajstić information content (AvgIpc) is 2.34. The Morgan fingerprint density at radius 1 is 1.05 bits per heavy atom. The van der Waals surface area contributed by atoms with Crippen molar-refractivity contribution in [2.75, 3.05) is 26.4 Å². The topological polar surface area (TPSA) is 93.1 Å². The fourth-order valence-electron chi connectivity index (χ4n) is 1.68. The van der Waals surface area contributed by atoms with Gasteiger partial charge in [-0.05, 0) is 32.6 Å². The van der Waals surface area contributed by atoms with Crippen molar-refractivity contribution in [3.63, 3.8) is 0 Å². The lowest BCUT2D eigenvalue weighted by Crippen LogP contribution is -2.18. The van der Waals surface area contributed by atoms with E-state index >= 15 is 0 Å². The first-order chi connectivity index (χ1) is 9.02. The van der Waals surface area contributed by atoms with Crippen molar-refractivity contribution in [2.24, 2.45) is 5.92 Å². The molecule has 0 rings (SSSR count). The number of ether oxygens (including phenoxy) is 2. The molecular formula is C13H22O6. The Hall–Kier alpha value is -1.40. The number of rotatable bonds is 11. The zero-order valence-electron chi connectivity index (χ0n) is 11.4. The van der Waals surface area contributed by atoms with Crippen LogP contribution in [0.2, 0.25) is 0 Å². The number of carbonyl (C=O) groups is 2. The number of hydrogen-bond acceptors (Lipinski definition) is 4. The van der Waals surface area contributed by atoms with Gasteiger partial charge in [-0.3, -0.25) is 0 Å². The third kappa shape index (κ3) is 8.34. The molecule has 0 aliphatic rings. The second-order valence-corrected chi connectivity index (χ2v) is 3.91. The lowest BCUT2D eigenvalue weighted by Gasteiger charge is -2.17. The van der Waals surface area contributed by atoms with Gasteiger partial charge in [0.25, 0.3) is 0 Å². The minimum absolute atomic E-state index is 0.105. The van der Waals surface area contributed by atoms with Crippen LogP contribution in [0.25, 0.3) is 0 Å². The third-order valence-corrected chi connectivity index (χ3v) is 2.60. The molecule has 110 valence electrons. The Labute approximate surface area is 113 Å². The zero-order valence-corrected chi connectivity index (χ0v) is 11.4. The van der Waals surface area contributed by atoms with E-state index in [9.17, 15) is 9.59 Å². The second-order valence-electron chi connectivity index (χ2n) is 3.91. The predicted molar refractivity (Wildman–Crippen MR) is 69.1 cm³/mol. The van der Waals surface area contributed by atoms with Crippen LogP contribution in [-0.2, 0) is 19.1 Å². The standard InChI is InChI=1S/C13H22O6/c1-3-18-7-5-10(6-8-19-4-2)11(13(16)17)9-12(14)15/h9-10H,3-8H2,1-2H3,(H,14,15)(H,16,17)/b11-9-. The van der Waals surface area contributed by atoms with E-state index in [4.69, 9.17) is 19.7 Å². The molecule has 0 saturated heterocycles. The van der Waals surface area contributed by atoms with Gasteiger partial charge in [0.1, 0.15) is 0 Å². The maximum atomic E-state index is 11.1. The highest BCUT2D eigenvalue weighted by molar-refractivity contribution is 5.95. The van der Waals surface area contributed by atoms with Crippen molar-refractivity contribution in [1.29, 1.82) is 0 Å². The molecule has 0 aliphatic carbocycles. The van der Waals surface area contributed by atoms with E-state index < -0.39 is 11.9 Å². The minimum Gasteiger partial charge on any atom is -0.478 e. The molecule has 0 heterocycles. The van der Waals surface area contributed by atoms with Gasteiger partial charge < -0.3 is 19.7 Å². The normalized spacial score (nSPS) is 11.8. The van der Waals surface area contributed by atoms with Crippen LogP contribution in [0.5, 0.6) is 0 Å². The molecule has 0 atom stereocenters. The Morgan fingerprint density at radius 3 is 1.84 bits per heavy atom. The van der Waals surface area contributed by atoms with Gasteiger partial charge >= 0.3 is 11.9 Å². The summed E-state index contributed by atoms with van der Waals surface area (Å²) in [7, 11) is 0. The van der Waals surface area contributed by atoms with E-state index in [1.807, 2.05) is 13.8 Å². The molecule has 0 aliphatic heterocycles. The Morgan fingerprint density at radius 2 is 1.53 bits per heavy atom. The molecule has 0 spiro atoms. The summed E-state index contributed by atoms with van der Waals surface area (Å²) < 4.78 is 10.4. The minimum atomic E-state index is -1.25.